The number of nitrogens with zero attached hydrogens (tertiary/aromatic N) is 2. The van der Waals surface area contributed by atoms with Gasteiger partial charge in [0.1, 0.15) is 11.3 Å². The van der Waals surface area contributed by atoms with E-state index in [0.717, 1.165) is 30.3 Å². The first-order valence-corrected chi connectivity index (χ1v) is 10.9. The molecule has 7 nitrogen and oxygen atoms in total. The smallest absolute Gasteiger partial charge is 0.336 e. The molecule has 0 spiro atoms. The van der Waals surface area contributed by atoms with Crippen molar-refractivity contribution >= 4 is 21.0 Å². The molecule has 0 amide bonds. The molecule has 1 atom stereocenters. The van der Waals surface area contributed by atoms with Crippen LogP contribution in [-0.2, 0) is 16.6 Å². The van der Waals surface area contributed by atoms with Crippen molar-refractivity contribution in [3.8, 4) is 5.75 Å². The largest absolute Gasteiger partial charge is 0.497 e. The van der Waals surface area contributed by atoms with Crippen LogP contribution in [0.5, 0.6) is 5.75 Å². The van der Waals surface area contributed by atoms with E-state index in [2.05, 4.69) is 4.90 Å². The summed E-state index contributed by atoms with van der Waals surface area (Å²) in [5, 5.41) is 0.881. The zero-order valence-corrected chi connectivity index (χ0v) is 16.2. The Morgan fingerprint density at radius 3 is 2.81 bits per heavy atom. The molecule has 0 N–H and O–H groups in total. The Balaban J connectivity index is 1.57. The van der Waals surface area contributed by atoms with E-state index in [-0.39, 0.29) is 17.4 Å². The first-order valence-electron chi connectivity index (χ1n) is 9.29. The predicted octanol–water partition coefficient (Wildman–Crippen LogP) is 1.80. The Hall–Kier alpha value is -1.90. The van der Waals surface area contributed by atoms with Crippen LogP contribution in [0.3, 0.4) is 0 Å². The molecule has 146 valence electrons. The first-order chi connectivity index (χ1) is 13.0. The average Bonchev–Trinajstić information content (AvgIpc) is 3.00. The molecule has 2 fully saturated rings. The lowest BCUT2D eigenvalue weighted by molar-refractivity contribution is 0.147. The lowest BCUT2D eigenvalue weighted by Crippen LogP contribution is -2.48. The van der Waals surface area contributed by atoms with E-state index in [1.165, 1.54) is 6.07 Å². The van der Waals surface area contributed by atoms with Crippen LogP contribution in [0.1, 0.15) is 24.8 Å². The van der Waals surface area contributed by atoms with Gasteiger partial charge in [-0.15, -0.1) is 0 Å². The summed E-state index contributed by atoms with van der Waals surface area (Å²) < 4.78 is 36.7. The van der Waals surface area contributed by atoms with Crippen molar-refractivity contribution in [1.29, 1.82) is 0 Å². The van der Waals surface area contributed by atoms with Crippen LogP contribution in [0.4, 0.5) is 0 Å². The number of fused-ring (bicyclic) bond motifs is 1. The van der Waals surface area contributed by atoms with Crippen LogP contribution in [0.2, 0.25) is 0 Å². The van der Waals surface area contributed by atoms with Gasteiger partial charge in [-0.05, 0) is 43.5 Å². The maximum absolute atomic E-state index is 12.2. The van der Waals surface area contributed by atoms with E-state index in [1.807, 2.05) is 12.1 Å². The van der Waals surface area contributed by atoms with Gasteiger partial charge in [-0.25, -0.2) is 13.2 Å². The molecule has 2 aromatic rings. The number of piperidine rings is 1. The predicted molar refractivity (Wildman–Crippen MR) is 102 cm³/mol. The monoisotopic (exact) mass is 392 g/mol. The van der Waals surface area contributed by atoms with Gasteiger partial charge in [-0.1, -0.05) is 0 Å². The van der Waals surface area contributed by atoms with E-state index in [0.29, 0.717) is 37.4 Å². The summed E-state index contributed by atoms with van der Waals surface area (Å²) in [6, 6.07) is 7.03. The Bertz CT molecular complexity index is 1000. The number of likely N-dealkylation sites (tertiary alicyclic amines) is 1. The number of methoxy groups -OCH3 is 1. The Labute approximate surface area is 158 Å². The van der Waals surface area contributed by atoms with E-state index < -0.39 is 10.0 Å². The van der Waals surface area contributed by atoms with Crippen molar-refractivity contribution in [2.24, 2.45) is 0 Å². The molecular formula is C19H24N2O5S. The van der Waals surface area contributed by atoms with Crippen molar-refractivity contribution in [3.05, 3.63) is 40.2 Å². The lowest BCUT2D eigenvalue weighted by atomic mass is 10.0. The normalized spacial score (nSPS) is 23.7. The highest BCUT2D eigenvalue weighted by molar-refractivity contribution is 7.89. The highest BCUT2D eigenvalue weighted by Crippen LogP contribution is 2.27. The summed E-state index contributed by atoms with van der Waals surface area (Å²) >= 11 is 0. The number of sulfonamides is 1. The van der Waals surface area contributed by atoms with E-state index in [1.54, 1.807) is 17.5 Å². The van der Waals surface area contributed by atoms with Crippen molar-refractivity contribution in [3.63, 3.8) is 0 Å². The second-order valence-electron chi connectivity index (χ2n) is 7.26. The molecule has 4 rings (SSSR count). The van der Waals surface area contributed by atoms with E-state index in [9.17, 15) is 13.2 Å². The molecule has 8 heteroatoms. The average molecular weight is 392 g/mol. The summed E-state index contributed by atoms with van der Waals surface area (Å²) in [7, 11) is -1.53. The highest BCUT2D eigenvalue weighted by atomic mass is 32.2. The first kappa shape index (κ1) is 18.5. The molecule has 27 heavy (non-hydrogen) atoms. The van der Waals surface area contributed by atoms with Crippen LogP contribution in [-0.4, -0.2) is 56.2 Å². The Morgan fingerprint density at radius 1 is 1.22 bits per heavy atom. The summed E-state index contributed by atoms with van der Waals surface area (Å²) in [5.74, 6) is 0.899. The summed E-state index contributed by atoms with van der Waals surface area (Å²) in [4.78, 5) is 14.2. The topological polar surface area (TPSA) is 80.1 Å². The zero-order chi connectivity index (χ0) is 19.0. The van der Waals surface area contributed by atoms with Crippen molar-refractivity contribution in [1.82, 2.24) is 9.21 Å². The zero-order valence-electron chi connectivity index (χ0n) is 15.4. The SMILES string of the molecule is COc1ccc2c(CN3CCCC(N4CCCS4(=O)=O)C3)cc(=O)oc2c1. The minimum absolute atomic E-state index is 0.0257. The van der Waals surface area contributed by atoms with Crippen molar-refractivity contribution in [2.75, 3.05) is 32.5 Å². The minimum Gasteiger partial charge on any atom is -0.497 e. The van der Waals surface area contributed by atoms with Gasteiger partial charge in [0.15, 0.2) is 0 Å². The fraction of sp³-hybridized carbons (Fsp3) is 0.526. The quantitative estimate of drug-likeness (QED) is 0.738. The van der Waals surface area contributed by atoms with Crippen LogP contribution in [0, 0.1) is 0 Å². The molecule has 0 aliphatic carbocycles. The van der Waals surface area contributed by atoms with E-state index >= 15 is 0 Å². The number of hydrogen-bond acceptors (Lipinski definition) is 6. The number of hydrogen-bond donors (Lipinski definition) is 0. The molecule has 1 aromatic carbocycles. The third kappa shape index (κ3) is 3.74. The van der Waals surface area contributed by atoms with Gasteiger partial charge in [0.05, 0.1) is 12.9 Å². The van der Waals surface area contributed by atoms with Gasteiger partial charge in [-0.2, -0.15) is 4.31 Å². The maximum Gasteiger partial charge on any atom is 0.336 e. The molecule has 1 unspecified atom stereocenters. The molecule has 0 radical (unpaired) electrons. The maximum atomic E-state index is 12.2. The van der Waals surface area contributed by atoms with Gasteiger partial charge in [-0.3, -0.25) is 4.90 Å². The van der Waals surface area contributed by atoms with Crippen molar-refractivity contribution < 1.29 is 17.6 Å². The van der Waals surface area contributed by atoms with Gasteiger partial charge in [0.25, 0.3) is 0 Å². The van der Waals surface area contributed by atoms with Crippen LogP contribution >= 0.6 is 0 Å². The van der Waals surface area contributed by atoms with Crippen molar-refractivity contribution in [2.45, 2.75) is 31.8 Å². The molecule has 0 saturated carbocycles. The van der Waals surface area contributed by atoms with Gasteiger partial charge < -0.3 is 9.15 Å². The van der Waals surface area contributed by atoms with Gasteiger partial charge >= 0.3 is 5.63 Å². The van der Waals surface area contributed by atoms with Gasteiger partial charge in [0.2, 0.25) is 10.0 Å². The summed E-state index contributed by atoms with van der Waals surface area (Å²) in [5.41, 5.74) is 1.02. The highest BCUT2D eigenvalue weighted by Gasteiger charge is 2.36. The number of benzene rings is 1. The molecule has 0 bridgehead atoms. The van der Waals surface area contributed by atoms with Crippen LogP contribution in [0.15, 0.2) is 33.5 Å². The lowest BCUT2D eigenvalue weighted by Gasteiger charge is -2.36. The Kier molecular flexibility index (Phi) is 4.96. The fourth-order valence-electron chi connectivity index (χ4n) is 4.19. The van der Waals surface area contributed by atoms with Crippen LogP contribution < -0.4 is 10.4 Å². The minimum atomic E-state index is -3.10. The Morgan fingerprint density at radius 2 is 2.07 bits per heavy atom. The van der Waals surface area contributed by atoms with Gasteiger partial charge in [0, 0.05) is 43.2 Å². The third-order valence-corrected chi connectivity index (χ3v) is 7.46. The molecule has 2 saturated heterocycles. The molecule has 2 aliphatic rings. The standard InChI is InChI=1S/C19H24N2O5S/c1-25-16-5-6-17-14(10-19(22)26-18(17)11-16)12-20-7-2-4-15(13-20)21-8-3-9-27(21,23)24/h5-6,10-11,15H,2-4,7-9,12-13H2,1H3. The second-order valence-corrected chi connectivity index (χ2v) is 9.31. The summed E-state index contributed by atoms with van der Waals surface area (Å²) in [6.07, 6.45) is 2.56. The second kappa shape index (κ2) is 7.26. The van der Waals surface area contributed by atoms with Crippen LogP contribution in [0.25, 0.3) is 11.0 Å². The molecule has 2 aliphatic heterocycles. The molecule has 3 heterocycles. The summed E-state index contributed by atoms with van der Waals surface area (Å²) in [6.45, 7) is 2.80. The third-order valence-electron chi connectivity index (χ3n) is 5.46. The fourth-order valence-corrected chi connectivity index (χ4v) is 5.95. The number of rotatable bonds is 4. The number of ether oxygens (including phenoxy) is 1. The molecule has 1 aromatic heterocycles. The van der Waals surface area contributed by atoms with E-state index in [4.69, 9.17) is 9.15 Å². The molecular weight excluding hydrogens is 368 g/mol.